The van der Waals surface area contributed by atoms with E-state index < -0.39 is 0 Å². The predicted octanol–water partition coefficient (Wildman–Crippen LogP) is 1.63. The highest BCUT2D eigenvalue weighted by molar-refractivity contribution is 5.79. The smallest absolute Gasteiger partial charge is 0.227 e. The van der Waals surface area contributed by atoms with Gasteiger partial charge in [-0.1, -0.05) is 13.3 Å². The van der Waals surface area contributed by atoms with Crippen LogP contribution in [0.3, 0.4) is 0 Å². The van der Waals surface area contributed by atoms with E-state index in [0.717, 1.165) is 19.3 Å². The Hall–Kier alpha value is -0.610. The molecule has 106 valence electrons. The second kappa shape index (κ2) is 7.10. The zero-order valence-corrected chi connectivity index (χ0v) is 12.2. The highest BCUT2D eigenvalue weighted by atomic mass is 16.5. The van der Waals surface area contributed by atoms with Crippen molar-refractivity contribution in [3.63, 3.8) is 0 Å². The number of likely N-dealkylation sites (N-methyl/N-ethyl adjacent to an activating group) is 1. The molecule has 2 N–H and O–H groups in total. The summed E-state index contributed by atoms with van der Waals surface area (Å²) in [5.74, 6) is 0.632. The second-order valence-electron chi connectivity index (χ2n) is 5.77. The molecule has 1 aliphatic rings. The summed E-state index contributed by atoms with van der Waals surface area (Å²) in [6.45, 7) is 7.39. The van der Waals surface area contributed by atoms with Crippen LogP contribution in [0.2, 0.25) is 0 Å². The van der Waals surface area contributed by atoms with E-state index in [4.69, 9.17) is 10.5 Å². The van der Waals surface area contributed by atoms with Crippen molar-refractivity contribution in [3.8, 4) is 0 Å². The van der Waals surface area contributed by atoms with Gasteiger partial charge in [0.25, 0.3) is 0 Å². The molecular weight excluding hydrogens is 228 g/mol. The van der Waals surface area contributed by atoms with E-state index in [2.05, 4.69) is 6.92 Å². The molecule has 1 rings (SSSR count). The standard InChI is InChI=1S/C14H28N2O2/c1-10(2)18-9-8-16(4)14(17)12-7-5-6-11(3)13(12)15/h10-13H,5-9,15H2,1-4H3. The minimum absolute atomic E-state index is 0.00204. The van der Waals surface area contributed by atoms with E-state index in [1.54, 1.807) is 4.90 Å². The van der Waals surface area contributed by atoms with Crippen molar-refractivity contribution in [1.82, 2.24) is 4.90 Å². The maximum Gasteiger partial charge on any atom is 0.227 e. The molecule has 3 unspecified atom stereocenters. The molecule has 4 nitrogen and oxygen atoms in total. The molecule has 0 aromatic heterocycles. The highest BCUT2D eigenvalue weighted by Crippen LogP contribution is 2.28. The fourth-order valence-corrected chi connectivity index (χ4v) is 2.55. The number of ether oxygens (including phenoxy) is 1. The number of hydrogen-bond acceptors (Lipinski definition) is 3. The molecule has 0 saturated heterocycles. The molecule has 18 heavy (non-hydrogen) atoms. The molecule has 0 spiro atoms. The van der Waals surface area contributed by atoms with Gasteiger partial charge in [-0.25, -0.2) is 0 Å². The highest BCUT2D eigenvalue weighted by Gasteiger charge is 2.34. The van der Waals surface area contributed by atoms with Gasteiger partial charge in [0, 0.05) is 19.6 Å². The molecule has 1 fully saturated rings. The third kappa shape index (κ3) is 4.25. The average molecular weight is 256 g/mol. The Kier molecular flexibility index (Phi) is 6.09. The topological polar surface area (TPSA) is 55.6 Å². The lowest BCUT2D eigenvalue weighted by Gasteiger charge is -2.35. The van der Waals surface area contributed by atoms with E-state index in [9.17, 15) is 4.79 Å². The number of nitrogens with two attached hydrogens (primary N) is 1. The lowest BCUT2D eigenvalue weighted by molar-refractivity contribution is -0.137. The first-order chi connectivity index (χ1) is 8.43. The number of carbonyl (C=O) groups is 1. The number of hydrogen-bond donors (Lipinski definition) is 1. The van der Waals surface area contributed by atoms with Gasteiger partial charge in [-0.15, -0.1) is 0 Å². The first-order valence-electron chi connectivity index (χ1n) is 7.05. The molecule has 0 aliphatic heterocycles. The fourth-order valence-electron chi connectivity index (χ4n) is 2.55. The number of nitrogens with zero attached hydrogens (tertiary/aromatic N) is 1. The third-order valence-electron chi connectivity index (χ3n) is 3.87. The second-order valence-corrected chi connectivity index (χ2v) is 5.77. The fraction of sp³-hybridized carbons (Fsp3) is 0.929. The van der Waals surface area contributed by atoms with Crippen molar-refractivity contribution < 1.29 is 9.53 Å². The predicted molar refractivity (Wildman–Crippen MR) is 73.2 cm³/mol. The van der Waals surface area contributed by atoms with Crippen LogP contribution < -0.4 is 5.73 Å². The van der Waals surface area contributed by atoms with Gasteiger partial charge in [0.05, 0.1) is 18.6 Å². The van der Waals surface area contributed by atoms with Crippen LogP contribution in [0, 0.1) is 11.8 Å². The molecule has 0 bridgehead atoms. The summed E-state index contributed by atoms with van der Waals surface area (Å²) >= 11 is 0. The van der Waals surface area contributed by atoms with Crippen LogP contribution in [-0.2, 0) is 9.53 Å². The summed E-state index contributed by atoms with van der Waals surface area (Å²) in [6.07, 6.45) is 3.40. The van der Waals surface area contributed by atoms with Crippen molar-refractivity contribution >= 4 is 5.91 Å². The van der Waals surface area contributed by atoms with E-state index in [0.29, 0.717) is 19.1 Å². The van der Waals surface area contributed by atoms with Gasteiger partial charge in [0.15, 0.2) is 0 Å². The first-order valence-corrected chi connectivity index (χ1v) is 7.05. The molecule has 1 amide bonds. The van der Waals surface area contributed by atoms with Crippen molar-refractivity contribution in [2.75, 3.05) is 20.2 Å². The van der Waals surface area contributed by atoms with E-state index in [1.807, 2.05) is 20.9 Å². The Bertz CT molecular complexity index is 269. The van der Waals surface area contributed by atoms with Crippen molar-refractivity contribution in [2.45, 2.75) is 52.2 Å². The molecule has 1 saturated carbocycles. The summed E-state index contributed by atoms with van der Waals surface area (Å²) in [5, 5.41) is 0. The molecule has 0 radical (unpaired) electrons. The molecule has 1 aliphatic carbocycles. The number of amides is 1. The maximum atomic E-state index is 12.3. The molecule has 3 atom stereocenters. The Balaban J connectivity index is 2.42. The minimum atomic E-state index is -0.00204. The zero-order chi connectivity index (χ0) is 13.7. The molecule has 4 heteroatoms. The van der Waals surface area contributed by atoms with Gasteiger partial charge in [0.1, 0.15) is 0 Å². The summed E-state index contributed by atoms with van der Waals surface area (Å²) in [6, 6.07) is 0.0136. The van der Waals surface area contributed by atoms with E-state index >= 15 is 0 Å². The van der Waals surface area contributed by atoms with Crippen LogP contribution in [0.5, 0.6) is 0 Å². The molecular formula is C14H28N2O2. The van der Waals surface area contributed by atoms with Crippen LogP contribution in [0.1, 0.15) is 40.0 Å². The van der Waals surface area contributed by atoms with Crippen LogP contribution in [0.4, 0.5) is 0 Å². The monoisotopic (exact) mass is 256 g/mol. The van der Waals surface area contributed by atoms with Crippen LogP contribution in [-0.4, -0.2) is 43.2 Å². The summed E-state index contributed by atoms with van der Waals surface area (Å²) < 4.78 is 5.47. The molecule has 0 aromatic rings. The average Bonchev–Trinajstić information content (AvgIpc) is 2.31. The van der Waals surface area contributed by atoms with E-state index in [1.165, 1.54) is 0 Å². The van der Waals surface area contributed by atoms with Crippen LogP contribution >= 0.6 is 0 Å². The van der Waals surface area contributed by atoms with Gasteiger partial charge in [-0.2, -0.15) is 0 Å². The third-order valence-corrected chi connectivity index (χ3v) is 3.87. The van der Waals surface area contributed by atoms with Crippen LogP contribution in [0.15, 0.2) is 0 Å². The lowest BCUT2D eigenvalue weighted by atomic mass is 9.77. The Morgan fingerprint density at radius 1 is 1.44 bits per heavy atom. The van der Waals surface area contributed by atoms with Gasteiger partial charge >= 0.3 is 0 Å². The van der Waals surface area contributed by atoms with Gasteiger partial charge in [0.2, 0.25) is 5.91 Å². The minimum Gasteiger partial charge on any atom is -0.377 e. The number of carbonyl (C=O) groups excluding carboxylic acids is 1. The molecule has 0 aromatic carbocycles. The lowest BCUT2D eigenvalue weighted by Crippen LogP contribution is -2.48. The van der Waals surface area contributed by atoms with Crippen molar-refractivity contribution in [3.05, 3.63) is 0 Å². The molecule has 0 heterocycles. The largest absolute Gasteiger partial charge is 0.377 e. The first kappa shape index (κ1) is 15.4. The summed E-state index contributed by atoms with van der Waals surface area (Å²) in [7, 11) is 1.85. The van der Waals surface area contributed by atoms with Crippen molar-refractivity contribution in [1.29, 1.82) is 0 Å². The van der Waals surface area contributed by atoms with Crippen molar-refractivity contribution in [2.24, 2.45) is 17.6 Å². The zero-order valence-electron chi connectivity index (χ0n) is 12.2. The Morgan fingerprint density at radius 2 is 2.11 bits per heavy atom. The number of rotatable bonds is 5. The van der Waals surface area contributed by atoms with Gasteiger partial charge in [-0.3, -0.25) is 4.79 Å². The van der Waals surface area contributed by atoms with Gasteiger partial charge in [-0.05, 0) is 32.6 Å². The van der Waals surface area contributed by atoms with Crippen LogP contribution in [0.25, 0.3) is 0 Å². The normalized spacial score (nSPS) is 28.4. The summed E-state index contributed by atoms with van der Waals surface area (Å²) in [4.78, 5) is 14.1. The SMILES string of the molecule is CC(C)OCCN(C)C(=O)C1CCCC(C)C1N. The summed E-state index contributed by atoms with van der Waals surface area (Å²) in [5.41, 5.74) is 6.16. The Labute approximate surface area is 111 Å². The van der Waals surface area contributed by atoms with E-state index in [-0.39, 0.29) is 24.0 Å². The quantitative estimate of drug-likeness (QED) is 0.813. The Morgan fingerprint density at radius 3 is 2.72 bits per heavy atom. The maximum absolute atomic E-state index is 12.3. The van der Waals surface area contributed by atoms with Gasteiger partial charge < -0.3 is 15.4 Å².